The summed E-state index contributed by atoms with van der Waals surface area (Å²) >= 11 is 9.54. The lowest BCUT2D eigenvalue weighted by molar-refractivity contribution is 0.462. The molecule has 0 atom stereocenters. The number of rotatable bonds is 8. The molecule has 0 aromatic carbocycles. The van der Waals surface area contributed by atoms with Crippen LogP contribution in [0.5, 0.6) is 0 Å². The molecule has 0 saturated carbocycles. The molecule has 132 valence electrons. The van der Waals surface area contributed by atoms with Gasteiger partial charge in [0.1, 0.15) is 4.34 Å². The Morgan fingerprint density at radius 2 is 2.38 bits per heavy atom. The van der Waals surface area contributed by atoms with E-state index in [1.54, 1.807) is 23.1 Å². The molecule has 0 bridgehead atoms. The third-order valence-electron chi connectivity index (χ3n) is 3.37. The lowest BCUT2D eigenvalue weighted by Gasteiger charge is -2.22. The number of nitrogens with one attached hydrogen (secondary N) is 1. The van der Waals surface area contributed by atoms with Crippen molar-refractivity contribution in [2.24, 2.45) is 12.0 Å². The van der Waals surface area contributed by atoms with Gasteiger partial charge in [-0.25, -0.2) is 4.98 Å². The number of aromatic nitrogens is 2. The highest BCUT2D eigenvalue weighted by molar-refractivity contribution is 8.00. The van der Waals surface area contributed by atoms with Gasteiger partial charge in [0.25, 0.3) is 0 Å². The first-order valence-electron chi connectivity index (χ1n) is 7.92. The highest BCUT2D eigenvalue weighted by Gasteiger charge is 2.09. The van der Waals surface area contributed by atoms with Crippen LogP contribution in [0, 0.1) is 0 Å². The SMILES string of the molecule is CCNC(=NCCCSc1nccs1)N(C)Cc1cc(Cl)cn1C. The number of hydrogen-bond donors (Lipinski definition) is 1. The van der Waals surface area contributed by atoms with Gasteiger partial charge in [0.15, 0.2) is 5.96 Å². The van der Waals surface area contributed by atoms with Gasteiger partial charge in [-0.2, -0.15) is 0 Å². The van der Waals surface area contributed by atoms with Crippen molar-refractivity contribution in [3.63, 3.8) is 0 Å². The molecule has 2 heterocycles. The lowest BCUT2D eigenvalue weighted by Crippen LogP contribution is -2.38. The van der Waals surface area contributed by atoms with Gasteiger partial charge in [0, 0.05) is 56.4 Å². The van der Waals surface area contributed by atoms with Crippen molar-refractivity contribution in [3.8, 4) is 0 Å². The minimum Gasteiger partial charge on any atom is -0.357 e. The molecule has 0 fully saturated rings. The van der Waals surface area contributed by atoms with Crippen molar-refractivity contribution in [2.75, 3.05) is 25.9 Å². The number of aliphatic imine (C=N–C) groups is 1. The largest absolute Gasteiger partial charge is 0.357 e. The molecule has 0 aliphatic rings. The van der Waals surface area contributed by atoms with Crippen molar-refractivity contribution in [2.45, 2.75) is 24.2 Å². The normalized spacial score (nSPS) is 11.8. The summed E-state index contributed by atoms with van der Waals surface area (Å²) in [6.45, 7) is 4.51. The van der Waals surface area contributed by atoms with E-state index in [1.807, 2.05) is 42.5 Å². The maximum atomic E-state index is 6.06. The van der Waals surface area contributed by atoms with Crippen LogP contribution in [0.2, 0.25) is 5.02 Å². The zero-order valence-electron chi connectivity index (χ0n) is 14.3. The third kappa shape index (κ3) is 6.03. The maximum Gasteiger partial charge on any atom is 0.194 e. The number of guanidine groups is 1. The highest BCUT2D eigenvalue weighted by atomic mass is 35.5. The van der Waals surface area contributed by atoms with Gasteiger partial charge >= 0.3 is 0 Å². The summed E-state index contributed by atoms with van der Waals surface area (Å²) in [6.07, 6.45) is 4.80. The van der Waals surface area contributed by atoms with Gasteiger partial charge in [0.05, 0.1) is 11.6 Å². The molecule has 0 saturated heterocycles. The second-order valence-electron chi connectivity index (χ2n) is 5.35. The Balaban J connectivity index is 1.83. The van der Waals surface area contributed by atoms with Crippen molar-refractivity contribution in [3.05, 3.63) is 34.6 Å². The summed E-state index contributed by atoms with van der Waals surface area (Å²) in [7, 11) is 4.06. The summed E-state index contributed by atoms with van der Waals surface area (Å²) in [5.41, 5.74) is 1.16. The molecule has 8 heteroatoms. The quantitative estimate of drug-likeness (QED) is 0.325. The van der Waals surface area contributed by atoms with Gasteiger partial charge in [-0.15, -0.1) is 11.3 Å². The molecule has 0 amide bonds. The summed E-state index contributed by atoms with van der Waals surface area (Å²) in [4.78, 5) is 11.1. The highest BCUT2D eigenvalue weighted by Crippen LogP contribution is 2.20. The van der Waals surface area contributed by atoms with Gasteiger partial charge in [-0.3, -0.25) is 4.99 Å². The van der Waals surface area contributed by atoms with E-state index in [2.05, 4.69) is 22.1 Å². The van der Waals surface area contributed by atoms with Crippen molar-refractivity contribution < 1.29 is 0 Å². The molecule has 0 aliphatic carbocycles. The Kier molecular flexibility index (Phi) is 7.94. The van der Waals surface area contributed by atoms with Crippen LogP contribution in [0.15, 0.2) is 33.2 Å². The number of thiazole rings is 1. The summed E-state index contributed by atoms with van der Waals surface area (Å²) in [5.74, 6) is 1.96. The first kappa shape index (κ1) is 19.1. The molecule has 2 aromatic rings. The molecule has 0 spiro atoms. The van der Waals surface area contributed by atoms with E-state index in [1.165, 1.54) is 0 Å². The van der Waals surface area contributed by atoms with Crippen LogP contribution in [0.4, 0.5) is 0 Å². The number of hydrogen-bond acceptors (Lipinski definition) is 4. The predicted molar refractivity (Wildman–Crippen MR) is 105 cm³/mol. The first-order valence-corrected chi connectivity index (χ1v) is 10.2. The zero-order chi connectivity index (χ0) is 17.4. The second-order valence-corrected chi connectivity index (χ2v) is 8.03. The molecule has 2 rings (SSSR count). The lowest BCUT2D eigenvalue weighted by atomic mass is 10.4. The van der Waals surface area contributed by atoms with Crippen molar-refractivity contribution in [1.29, 1.82) is 0 Å². The van der Waals surface area contributed by atoms with Crippen LogP contribution in [0.3, 0.4) is 0 Å². The number of aryl methyl sites for hydroxylation is 1. The average Bonchev–Trinajstić information content (AvgIpc) is 3.16. The van der Waals surface area contributed by atoms with E-state index in [4.69, 9.17) is 16.6 Å². The second kappa shape index (κ2) is 9.96. The summed E-state index contributed by atoms with van der Waals surface area (Å²) in [5, 5.41) is 6.12. The standard InChI is InChI=1S/C16H24ClN5S2/c1-4-18-15(19-6-5-8-23-16-20-7-9-24-16)22(3)12-14-10-13(17)11-21(14)2/h7,9-11H,4-6,8,12H2,1-3H3,(H,18,19). The van der Waals surface area contributed by atoms with Crippen LogP contribution >= 0.6 is 34.7 Å². The number of thioether (sulfide) groups is 1. The van der Waals surface area contributed by atoms with Crippen LogP contribution in [-0.2, 0) is 13.6 Å². The molecule has 0 unspecified atom stereocenters. The average molecular weight is 386 g/mol. The van der Waals surface area contributed by atoms with Crippen molar-refractivity contribution >= 4 is 40.7 Å². The Labute approximate surface area is 157 Å². The van der Waals surface area contributed by atoms with Crippen LogP contribution in [-0.4, -0.2) is 46.3 Å². The molecular formula is C16H24ClN5S2. The van der Waals surface area contributed by atoms with E-state index in [9.17, 15) is 0 Å². The van der Waals surface area contributed by atoms with Crippen LogP contribution < -0.4 is 5.32 Å². The van der Waals surface area contributed by atoms with E-state index in [-0.39, 0.29) is 0 Å². The van der Waals surface area contributed by atoms with E-state index >= 15 is 0 Å². The minimum atomic E-state index is 0.766. The third-order valence-corrected chi connectivity index (χ3v) is 5.63. The topological polar surface area (TPSA) is 45.5 Å². The molecule has 0 aliphatic heterocycles. The van der Waals surface area contributed by atoms with E-state index in [0.717, 1.165) is 52.8 Å². The molecular weight excluding hydrogens is 362 g/mol. The first-order chi connectivity index (χ1) is 11.6. The summed E-state index contributed by atoms with van der Waals surface area (Å²) < 4.78 is 3.18. The predicted octanol–water partition coefficient (Wildman–Crippen LogP) is 3.71. The van der Waals surface area contributed by atoms with Gasteiger partial charge < -0.3 is 14.8 Å². The Morgan fingerprint density at radius 1 is 1.54 bits per heavy atom. The Bertz CT molecular complexity index is 639. The fraction of sp³-hybridized carbons (Fsp3) is 0.500. The monoisotopic (exact) mass is 385 g/mol. The van der Waals surface area contributed by atoms with E-state index in [0.29, 0.717) is 0 Å². The Hall–Kier alpha value is -1.18. The fourth-order valence-electron chi connectivity index (χ4n) is 2.20. The zero-order valence-corrected chi connectivity index (χ0v) is 16.7. The van der Waals surface area contributed by atoms with Gasteiger partial charge in [-0.05, 0) is 19.4 Å². The van der Waals surface area contributed by atoms with E-state index < -0.39 is 0 Å². The number of nitrogens with zero attached hydrogens (tertiary/aromatic N) is 4. The summed E-state index contributed by atoms with van der Waals surface area (Å²) in [6, 6.07) is 1.99. The fourth-order valence-corrected chi connectivity index (χ4v) is 4.11. The van der Waals surface area contributed by atoms with Gasteiger partial charge in [-0.1, -0.05) is 23.4 Å². The molecule has 5 nitrogen and oxygen atoms in total. The van der Waals surface area contributed by atoms with Gasteiger partial charge in [0.2, 0.25) is 0 Å². The van der Waals surface area contributed by atoms with Crippen LogP contribution in [0.1, 0.15) is 19.0 Å². The van der Waals surface area contributed by atoms with Crippen molar-refractivity contribution in [1.82, 2.24) is 19.8 Å². The minimum absolute atomic E-state index is 0.766. The molecule has 0 radical (unpaired) electrons. The van der Waals surface area contributed by atoms with Crippen LogP contribution in [0.25, 0.3) is 0 Å². The number of halogens is 1. The molecule has 24 heavy (non-hydrogen) atoms. The smallest absolute Gasteiger partial charge is 0.194 e. The Morgan fingerprint density at radius 3 is 3.00 bits per heavy atom. The maximum absolute atomic E-state index is 6.06. The molecule has 2 aromatic heterocycles. The molecule has 1 N–H and O–H groups in total.